The molecule has 0 aliphatic heterocycles. The van der Waals surface area contributed by atoms with Crippen LogP contribution in [0, 0.1) is 16.0 Å². The predicted molar refractivity (Wildman–Crippen MR) is 81.6 cm³/mol. The molecule has 1 aromatic rings. The van der Waals surface area contributed by atoms with E-state index in [1.165, 1.54) is 12.1 Å². The number of amides is 1. The number of pyridine rings is 1. The second-order valence-electron chi connectivity index (χ2n) is 5.13. The van der Waals surface area contributed by atoms with Crippen molar-refractivity contribution in [1.82, 2.24) is 10.3 Å². The molecule has 2 N–H and O–H groups in total. The summed E-state index contributed by atoms with van der Waals surface area (Å²) >= 11 is 0. The largest absolute Gasteiger partial charge is 0.373 e. The minimum Gasteiger partial charge on any atom is -0.373 e. The summed E-state index contributed by atoms with van der Waals surface area (Å²) in [7, 11) is 3.30. The van der Waals surface area contributed by atoms with Crippen LogP contribution in [-0.4, -0.2) is 43.0 Å². The van der Waals surface area contributed by atoms with Crippen molar-refractivity contribution in [3.05, 3.63) is 22.2 Å². The highest BCUT2D eigenvalue weighted by atomic mass is 16.6. The van der Waals surface area contributed by atoms with E-state index in [9.17, 15) is 14.9 Å². The van der Waals surface area contributed by atoms with Crippen LogP contribution < -0.4 is 15.5 Å². The zero-order chi connectivity index (χ0) is 16.0. The molecule has 1 rings (SSSR count). The highest BCUT2D eigenvalue weighted by molar-refractivity contribution is 5.81. The van der Waals surface area contributed by atoms with Gasteiger partial charge in [0.05, 0.1) is 23.6 Å². The second kappa shape index (κ2) is 7.41. The first-order valence-electron chi connectivity index (χ1n) is 6.65. The van der Waals surface area contributed by atoms with E-state index in [1.54, 1.807) is 19.0 Å². The molecule has 1 amide bonds. The van der Waals surface area contributed by atoms with E-state index in [1.807, 2.05) is 13.8 Å². The monoisotopic (exact) mass is 295 g/mol. The van der Waals surface area contributed by atoms with Crippen molar-refractivity contribution in [3.63, 3.8) is 0 Å². The van der Waals surface area contributed by atoms with Crippen LogP contribution in [-0.2, 0) is 4.79 Å². The number of likely N-dealkylation sites (N-methyl/N-ethyl adjacent to an activating group) is 1. The number of carbonyl (C=O) groups excluding carboxylic acids is 1. The van der Waals surface area contributed by atoms with E-state index in [0.717, 1.165) is 0 Å². The molecule has 0 fully saturated rings. The molecule has 0 spiro atoms. The first-order valence-corrected chi connectivity index (χ1v) is 6.65. The molecule has 0 unspecified atom stereocenters. The fraction of sp³-hybridized carbons (Fsp3) is 0.538. The lowest BCUT2D eigenvalue weighted by Crippen LogP contribution is -2.37. The Morgan fingerprint density at radius 1 is 1.48 bits per heavy atom. The van der Waals surface area contributed by atoms with Crippen LogP contribution in [0.25, 0.3) is 0 Å². The summed E-state index contributed by atoms with van der Waals surface area (Å²) in [6.45, 7) is 4.69. The molecule has 0 atom stereocenters. The van der Waals surface area contributed by atoms with Gasteiger partial charge in [0, 0.05) is 20.6 Å². The Balaban J connectivity index is 2.81. The van der Waals surface area contributed by atoms with Gasteiger partial charge in [0.15, 0.2) is 0 Å². The SMILES string of the molecule is CNc1cc([N+](=O)[O-])cc(N(C)CC(=O)NCC(C)C)n1. The third kappa shape index (κ3) is 5.25. The van der Waals surface area contributed by atoms with Crippen molar-refractivity contribution < 1.29 is 9.72 Å². The smallest absolute Gasteiger partial charge is 0.276 e. The predicted octanol–water partition coefficient (Wildman–Crippen LogP) is 1.24. The van der Waals surface area contributed by atoms with Gasteiger partial charge < -0.3 is 15.5 Å². The zero-order valence-corrected chi connectivity index (χ0v) is 12.7. The van der Waals surface area contributed by atoms with Crippen LogP contribution in [0.2, 0.25) is 0 Å². The third-order valence-electron chi connectivity index (χ3n) is 2.74. The van der Waals surface area contributed by atoms with E-state index < -0.39 is 4.92 Å². The van der Waals surface area contributed by atoms with Crippen molar-refractivity contribution in [3.8, 4) is 0 Å². The molecule has 0 saturated heterocycles. The fourth-order valence-corrected chi connectivity index (χ4v) is 1.60. The summed E-state index contributed by atoms with van der Waals surface area (Å²) < 4.78 is 0. The first-order chi connectivity index (χ1) is 9.83. The molecule has 0 radical (unpaired) electrons. The van der Waals surface area contributed by atoms with Crippen LogP contribution >= 0.6 is 0 Å². The van der Waals surface area contributed by atoms with Crippen LogP contribution in [0.15, 0.2) is 12.1 Å². The highest BCUT2D eigenvalue weighted by Gasteiger charge is 2.15. The number of rotatable bonds is 7. The van der Waals surface area contributed by atoms with E-state index in [2.05, 4.69) is 15.6 Å². The Kier molecular flexibility index (Phi) is 5.89. The lowest BCUT2D eigenvalue weighted by molar-refractivity contribution is -0.384. The van der Waals surface area contributed by atoms with Crippen molar-refractivity contribution in [2.45, 2.75) is 13.8 Å². The normalized spacial score (nSPS) is 10.3. The summed E-state index contributed by atoms with van der Waals surface area (Å²) in [6.07, 6.45) is 0. The number of aromatic nitrogens is 1. The molecule has 0 aliphatic carbocycles. The van der Waals surface area contributed by atoms with Gasteiger partial charge in [-0.1, -0.05) is 13.8 Å². The molecule has 1 aromatic heterocycles. The fourth-order valence-electron chi connectivity index (χ4n) is 1.60. The average Bonchev–Trinajstić information content (AvgIpc) is 2.44. The van der Waals surface area contributed by atoms with E-state index >= 15 is 0 Å². The molecule has 0 aromatic carbocycles. The van der Waals surface area contributed by atoms with Gasteiger partial charge in [-0.25, -0.2) is 4.98 Å². The molecule has 21 heavy (non-hydrogen) atoms. The number of nitrogens with zero attached hydrogens (tertiary/aromatic N) is 3. The van der Waals surface area contributed by atoms with Gasteiger partial charge in [0.2, 0.25) is 5.91 Å². The summed E-state index contributed by atoms with van der Waals surface area (Å²) in [4.78, 5) is 28.0. The Hall–Kier alpha value is -2.38. The van der Waals surface area contributed by atoms with Crippen LogP contribution in [0.4, 0.5) is 17.3 Å². The lowest BCUT2D eigenvalue weighted by Gasteiger charge is -2.18. The Labute approximate surface area is 123 Å². The third-order valence-corrected chi connectivity index (χ3v) is 2.74. The van der Waals surface area contributed by atoms with Crippen molar-refractivity contribution in [2.75, 3.05) is 37.4 Å². The van der Waals surface area contributed by atoms with Crippen LogP contribution in [0.1, 0.15) is 13.8 Å². The number of nitro groups is 1. The maximum Gasteiger partial charge on any atom is 0.276 e. The number of anilines is 2. The maximum absolute atomic E-state index is 11.8. The number of hydrogen-bond donors (Lipinski definition) is 2. The quantitative estimate of drug-likeness (QED) is 0.580. The first kappa shape index (κ1) is 16.7. The second-order valence-corrected chi connectivity index (χ2v) is 5.13. The Morgan fingerprint density at radius 3 is 2.67 bits per heavy atom. The van der Waals surface area contributed by atoms with Gasteiger partial charge in [-0.3, -0.25) is 14.9 Å². The molecule has 1 heterocycles. The summed E-state index contributed by atoms with van der Waals surface area (Å²) in [5.41, 5.74) is -0.0706. The lowest BCUT2D eigenvalue weighted by atomic mass is 10.2. The van der Waals surface area contributed by atoms with Crippen LogP contribution in [0.3, 0.4) is 0 Å². The molecule has 8 nitrogen and oxygen atoms in total. The zero-order valence-electron chi connectivity index (χ0n) is 12.7. The average molecular weight is 295 g/mol. The van der Waals surface area contributed by atoms with E-state index in [0.29, 0.717) is 24.1 Å². The van der Waals surface area contributed by atoms with Gasteiger partial charge >= 0.3 is 0 Å². The van der Waals surface area contributed by atoms with E-state index in [-0.39, 0.29) is 18.1 Å². The highest BCUT2D eigenvalue weighted by Crippen LogP contribution is 2.22. The van der Waals surface area contributed by atoms with Crippen molar-refractivity contribution in [2.24, 2.45) is 5.92 Å². The van der Waals surface area contributed by atoms with Gasteiger partial charge in [-0.05, 0) is 5.92 Å². The molecule has 0 bridgehead atoms. The number of nitrogens with one attached hydrogen (secondary N) is 2. The van der Waals surface area contributed by atoms with Crippen molar-refractivity contribution >= 4 is 23.2 Å². The minimum absolute atomic E-state index is 0.0706. The summed E-state index contributed by atoms with van der Waals surface area (Å²) in [5, 5.41) is 16.5. The van der Waals surface area contributed by atoms with Gasteiger partial charge in [-0.2, -0.15) is 0 Å². The molecular weight excluding hydrogens is 274 g/mol. The van der Waals surface area contributed by atoms with Crippen LogP contribution in [0.5, 0.6) is 0 Å². The molecule has 116 valence electrons. The Bertz CT molecular complexity index is 519. The topological polar surface area (TPSA) is 100 Å². The van der Waals surface area contributed by atoms with E-state index in [4.69, 9.17) is 0 Å². The molecular formula is C13H21N5O3. The molecule has 0 saturated carbocycles. The molecule has 8 heteroatoms. The number of hydrogen-bond acceptors (Lipinski definition) is 6. The summed E-state index contributed by atoms with van der Waals surface area (Å²) in [5.74, 6) is 0.971. The van der Waals surface area contributed by atoms with Crippen molar-refractivity contribution in [1.29, 1.82) is 0 Å². The van der Waals surface area contributed by atoms with Gasteiger partial charge in [-0.15, -0.1) is 0 Å². The minimum atomic E-state index is -0.487. The Morgan fingerprint density at radius 2 is 2.14 bits per heavy atom. The molecule has 0 aliphatic rings. The van der Waals surface area contributed by atoms with Gasteiger partial charge in [0.25, 0.3) is 5.69 Å². The number of carbonyl (C=O) groups is 1. The van der Waals surface area contributed by atoms with Gasteiger partial charge in [0.1, 0.15) is 11.6 Å². The standard InChI is InChI=1S/C13H21N5O3/c1-9(2)7-15-13(19)8-17(4)12-6-10(18(20)21)5-11(14-3)16-12/h5-6,9H,7-8H2,1-4H3,(H,14,16)(H,15,19). The maximum atomic E-state index is 11.8. The summed E-state index contributed by atoms with van der Waals surface area (Å²) in [6, 6.07) is 2.69.